The second-order valence-electron chi connectivity index (χ2n) is 3.02. The molecule has 0 fully saturated rings. The number of aliphatic hydroxyl groups excluding tert-OH is 1. The summed E-state index contributed by atoms with van der Waals surface area (Å²) in [5.74, 6) is 0.149. The Hall–Kier alpha value is -1.19. The molecule has 0 spiro atoms. The highest BCUT2D eigenvalue weighted by Gasteiger charge is 2.03. The fourth-order valence-corrected chi connectivity index (χ4v) is 2.11. The maximum absolute atomic E-state index is 11.0. The summed E-state index contributed by atoms with van der Waals surface area (Å²) in [5.41, 5.74) is 0. The van der Waals surface area contributed by atoms with E-state index >= 15 is 0 Å². The van der Waals surface area contributed by atoms with Crippen LogP contribution < -0.4 is 0 Å². The van der Waals surface area contributed by atoms with Gasteiger partial charge in [0.2, 0.25) is 0 Å². The number of thiophene rings is 1. The molecular formula is C12H14O2S. The summed E-state index contributed by atoms with van der Waals surface area (Å²) in [5, 5.41) is 8.73. The molecule has 0 aliphatic carbocycles. The van der Waals surface area contributed by atoms with Gasteiger partial charge in [-0.15, -0.1) is 11.3 Å². The topological polar surface area (TPSA) is 37.3 Å². The second-order valence-corrected chi connectivity index (χ2v) is 4.10. The molecule has 2 rings (SSSR count). The number of ketones is 1. The minimum atomic E-state index is 0.149. The van der Waals surface area contributed by atoms with Gasteiger partial charge in [-0.1, -0.05) is 18.2 Å². The summed E-state index contributed by atoms with van der Waals surface area (Å²) in [6.07, 6.45) is 0. The Labute approximate surface area is 93.2 Å². The summed E-state index contributed by atoms with van der Waals surface area (Å²) in [4.78, 5) is 11.9. The van der Waals surface area contributed by atoms with Crippen molar-refractivity contribution in [2.24, 2.45) is 0 Å². The normalized spacial score (nSPS) is 9.53. The van der Waals surface area contributed by atoms with Crippen molar-refractivity contribution in [3.8, 4) is 0 Å². The molecule has 0 radical (unpaired) electrons. The number of fused-ring (bicyclic) bond motifs is 1. The van der Waals surface area contributed by atoms with E-state index in [2.05, 4.69) is 0 Å². The number of hydrogen-bond donors (Lipinski definition) is 1. The van der Waals surface area contributed by atoms with Crippen molar-refractivity contribution in [2.75, 3.05) is 6.61 Å². The van der Waals surface area contributed by atoms with E-state index < -0.39 is 0 Å². The van der Waals surface area contributed by atoms with Crippen LogP contribution in [0, 0.1) is 0 Å². The van der Waals surface area contributed by atoms with Gasteiger partial charge < -0.3 is 5.11 Å². The van der Waals surface area contributed by atoms with Crippen molar-refractivity contribution in [1.82, 2.24) is 0 Å². The molecule has 0 aliphatic rings. The number of carbonyl (C=O) groups is 1. The quantitative estimate of drug-likeness (QED) is 0.753. The zero-order valence-corrected chi connectivity index (χ0v) is 9.67. The fourth-order valence-electron chi connectivity index (χ4n) is 1.16. The Kier molecular flexibility index (Phi) is 4.46. The zero-order valence-electron chi connectivity index (χ0n) is 8.86. The SMILES string of the molecule is CC(=O)c1cc2ccccc2s1.CCO. The van der Waals surface area contributed by atoms with Gasteiger partial charge in [0.1, 0.15) is 0 Å². The summed E-state index contributed by atoms with van der Waals surface area (Å²) in [6.45, 7) is 3.53. The third-order valence-corrected chi connectivity index (χ3v) is 2.99. The lowest BCUT2D eigenvalue weighted by molar-refractivity contribution is 0.102. The molecule has 3 heteroatoms. The van der Waals surface area contributed by atoms with Gasteiger partial charge in [0.15, 0.2) is 5.78 Å². The van der Waals surface area contributed by atoms with Crippen LogP contribution in [0.4, 0.5) is 0 Å². The molecule has 0 bridgehead atoms. The first kappa shape index (κ1) is 11.9. The third kappa shape index (κ3) is 3.15. The van der Waals surface area contributed by atoms with Crippen molar-refractivity contribution in [1.29, 1.82) is 0 Å². The smallest absolute Gasteiger partial charge is 0.169 e. The van der Waals surface area contributed by atoms with E-state index in [1.807, 2.05) is 30.3 Å². The van der Waals surface area contributed by atoms with Crippen LogP contribution in [-0.2, 0) is 0 Å². The summed E-state index contributed by atoms with van der Waals surface area (Å²) in [6, 6.07) is 9.98. The highest BCUT2D eigenvalue weighted by atomic mass is 32.1. The average molecular weight is 222 g/mol. The summed E-state index contributed by atoms with van der Waals surface area (Å²) < 4.78 is 1.18. The van der Waals surface area contributed by atoms with Crippen molar-refractivity contribution in [2.45, 2.75) is 13.8 Å². The number of benzene rings is 1. The third-order valence-electron chi connectivity index (χ3n) is 1.77. The molecule has 80 valence electrons. The summed E-state index contributed by atoms with van der Waals surface area (Å²) in [7, 11) is 0. The molecule has 0 saturated heterocycles. The van der Waals surface area contributed by atoms with E-state index in [9.17, 15) is 4.79 Å². The van der Waals surface area contributed by atoms with Crippen LogP contribution in [0.2, 0.25) is 0 Å². The lowest BCUT2D eigenvalue weighted by atomic mass is 10.2. The van der Waals surface area contributed by atoms with Gasteiger partial charge >= 0.3 is 0 Å². The zero-order chi connectivity index (χ0) is 11.3. The maximum Gasteiger partial charge on any atom is 0.169 e. The van der Waals surface area contributed by atoms with Gasteiger partial charge in [0.05, 0.1) is 4.88 Å². The first-order valence-electron chi connectivity index (χ1n) is 4.79. The highest BCUT2D eigenvalue weighted by molar-refractivity contribution is 7.20. The van der Waals surface area contributed by atoms with Crippen LogP contribution in [0.15, 0.2) is 30.3 Å². The van der Waals surface area contributed by atoms with Crippen molar-refractivity contribution in [3.63, 3.8) is 0 Å². The van der Waals surface area contributed by atoms with E-state index in [-0.39, 0.29) is 12.4 Å². The Morgan fingerprint density at radius 3 is 2.53 bits per heavy atom. The monoisotopic (exact) mass is 222 g/mol. The van der Waals surface area contributed by atoms with Crippen molar-refractivity contribution < 1.29 is 9.90 Å². The first-order valence-corrected chi connectivity index (χ1v) is 5.61. The minimum Gasteiger partial charge on any atom is -0.397 e. The van der Waals surface area contributed by atoms with Crippen LogP contribution in [0.3, 0.4) is 0 Å². The molecule has 15 heavy (non-hydrogen) atoms. The van der Waals surface area contributed by atoms with Gasteiger partial charge in [-0.25, -0.2) is 0 Å². The predicted molar refractivity (Wildman–Crippen MR) is 64.6 cm³/mol. The van der Waals surface area contributed by atoms with Crippen LogP contribution >= 0.6 is 11.3 Å². The van der Waals surface area contributed by atoms with Crippen LogP contribution in [0.25, 0.3) is 10.1 Å². The van der Waals surface area contributed by atoms with Crippen LogP contribution in [0.5, 0.6) is 0 Å². The van der Waals surface area contributed by atoms with Crippen molar-refractivity contribution >= 4 is 27.2 Å². The molecule has 0 aliphatic heterocycles. The second kappa shape index (κ2) is 5.63. The molecule has 2 nitrogen and oxygen atoms in total. The molecule has 1 aromatic heterocycles. The molecule has 0 atom stereocenters. The van der Waals surface area contributed by atoms with Gasteiger partial charge in [-0.2, -0.15) is 0 Å². The molecule has 1 N–H and O–H groups in total. The number of aliphatic hydroxyl groups is 1. The lowest BCUT2D eigenvalue weighted by Crippen LogP contribution is -1.83. The number of Topliss-reactive ketones (excluding diaryl/α,β-unsaturated/α-hetero) is 1. The van der Waals surface area contributed by atoms with Crippen LogP contribution in [-0.4, -0.2) is 17.5 Å². The van der Waals surface area contributed by atoms with Gasteiger partial charge in [0, 0.05) is 11.3 Å². The molecule has 0 amide bonds. The molecule has 0 unspecified atom stereocenters. The predicted octanol–water partition coefficient (Wildman–Crippen LogP) is 3.10. The lowest BCUT2D eigenvalue weighted by Gasteiger charge is -1.82. The molecule has 1 heterocycles. The Bertz CT molecular complexity index is 413. The van der Waals surface area contributed by atoms with Crippen molar-refractivity contribution in [3.05, 3.63) is 35.2 Å². The first-order chi connectivity index (χ1) is 7.19. The van der Waals surface area contributed by atoms with Gasteiger partial charge in [0.25, 0.3) is 0 Å². The Morgan fingerprint density at radius 2 is 2.00 bits per heavy atom. The number of hydrogen-bond acceptors (Lipinski definition) is 3. The average Bonchev–Trinajstić information content (AvgIpc) is 2.62. The van der Waals surface area contributed by atoms with E-state index in [1.165, 1.54) is 4.70 Å². The molecule has 0 saturated carbocycles. The number of rotatable bonds is 1. The summed E-state index contributed by atoms with van der Waals surface area (Å²) >= 11 is 1.56. The van der Waals surface area contributed by atoms with E-state index in [1.54, 1.807) is 25.2 Å². The molecular weight excluding hydrogens is 208 g/mol. The fraction of sp³-hybridized carbons (Fsp3) is 0.250. The minimum absolute atomic E-state index is 0.149. The maximum atomic E-state index is 11.0. The molecule has 1 aromatic carbocycles. The largest absolute Gasteiger partial charge is 0.397 e. The molecule has 2 aromatic rings. The van der Waals surface area contributed by atoms with E-state index in [0.717, 1.165) is 10.3 Å². The van der Waals surface area contributed by atoms with E-state index in [4.69, 9.17) is 5.11 Å². The van der Waals surface area contributed by atoms with Crippen LogP contribution in [0.1, 0.15) is 23.5 Å². The number of carbonyl (C=O) groups excluding carboxylic acids is 1. The Balaban J connectivity index is 0.000000337. The van der Waals surface area contributed by atoms with Gasteiger partial charge in [-0.3, -0.25) is 4.79 Å². The highest BCUT2D eigenvalue weighted by Crippen LogP contribution is 2.25. The van der Waals surface area contributed by atoms with E-state index in [0.29, 0.717) is 0 Å². The van der Waals surface area contributed by atoms with Gasteiger partial charge in [-0.05, 0) is 31.4 Å². The Morgan fingerprint density at radius 1 is 1.40 bits per heavy atom. The standard InChI is InChI=1S/C10H8OS.C2H6O/c1-7(11)10-6-8-4-2-3-5-9(8)12-10;1-2-3/h2-6H,1H3;3H,2H2,1H3.